The predicted molar refractivity (Wildman–Crippen MR) is 29.0 cm³/mol. The molecule has 0 aliphatic carbocycles. The second-order valence-corrected chi connectivity index (χ2v) is 1.74. The molecule has 0 saturated heterocycles. The summed E-state index contributed by atoms with van der Waals surface area (Å²) in [7, 11) is 0. The number of aromatic nitrogens is 4. The number of hydrogen-bond acceptors (Lipinski definition) is 4. The Morgan fingerprint density at radius 2 is 2.50 bits per heavy atom. The molecule has 1 heterocycles. The maximum absolute atomic E-state index is 10.3. The van der Waals surface area contributed by atoms with Gasteiger partial charge in [-0.2, -0.15) is 0 Å². The van der Waals surface area contributed by atoms with E-state index in [1.165, 1.54) is 6.92 Å². The first kappa shape index (κ1) is 6.66. The minimum atomic E-state index is -0.983. The van der Waals surface area contributed by atoms with Gasteiger partial charge in [-0.25, -0.2) is 9.48 Å². The quantitative estimate of drug-likeness (QED) is 0.578. The van der Waals surface area contributed by atoms with Crippen molar-refractivity contribution in [3.63, 3.8) is 0 Å². The van der Waals surface area contributed by atoms with Crippen molar-refractivity contribution in [2.24, 2.45) is 0 Å². The normalized spacial score (nSPS) is 12.9. The van der Waals surface area contributed by atoms with Gasteiger partial charge in [-0.3, -0.25) is 0 Å². The molecule has 0 spiro atoms. The van der Waals surface area contributed by atoms with Gasteiger partial charge in [0.25, 0.3) is 0 Å². The zero-order valence-corrected chi connectivity index (χ0v) is 5.22. The summed E-state index contributed by atoms with van der Waals surface area (Å²) >= 11 is 0. The molecule has 10 heavy (non-hydrogen) atoms. The Morgan fingerprint density at radius 1 is 1.80 bits per heavy atom. The average Bonchev–Trinajstić information content (AvgIpc) is 2.36. The van der Waals surface area contributed by atoms with Crippen molar-refractivity contribution in [2.45, 2.75) is 13.0 Å². The van der Waals surface area contributed by atoms with Crippen LogP contribution in [-0.2, 0) is 4.79 Å². The van der Waals surface area contributed by atoms with Crippen LogP contribution in [0.15, 0.2) is 0 Å². The van der Waals surface area contributed by atoms with Crippen molar-refractivity contribution in [1.82, 2.24) is 20.2 Å². The Kier molecular flexibility index (Phi) is 1.61. The number of nitrogens with zero attached hydrogens (tertiary/aromatic N) is 4. The second-order valence-electron chi connectivity index (χ2n) is 1.74. The largest absolute Gasteiger partial charge is 0.480 e. The Balaban J connectivity index is 2.77. The SMILES string of the molecule is CC(C(=O)O)n1[c]nnn1. The van der Waals surface area contributed by atoms with E-state index in [1.54, 1.807) is 0 Å². The molecule has 6 heteroatoms. The van der Waals surface area contributed by atoms with Crippen LogP contribution in [0.2, 0.25) is 0 Å². The molecule has 1 N–H and O–H groups in total. The van der Waals surface area contributed by atoms with Gasteiger partial charge in [0, 0.05) is 0 Å². The number of carboxylic acids is 1. The minimum absolute atomic E-state index is 0.755. The van der Waals surface area contributed by atoms with Crippen LogP contribution in [-0.4, -0.2) is 31.3 Å². The zero-order chi connectivity index (χ0) is 7.56. The number of carboxylic acid groups (broad SMARTS) is 1. The first-order valence-corrected chi connectivity index (χ1v) is 2.60. The lowest BCUT2D eigenvalue weighted by molar-refractivity contribution is -0.140. The van der Waals surface area contributed by atoms with Crippen LogP contribution in [0, 0.1) is 6.33 Å². The summed E-state index contributed by atoms with van der Waals surface area (Å²) < 4.78 is 1.04. The third-order valence-electron chi connectivity index (χ3n) is 1.05. The second kappa shape index (κ2) is 2.42. The van der Waals surface area contributed by atoms with E-state index >= 15 is 0 Å². The van der Waals surface area contributed by atoms with Gasteiger partial charge in [0.2, 0.25) is 6.33 Å². The van der Waals surface area contributed by atoms with E-state index in [2.05, 4.69) is 21.9 Å². The highest BCUT2D eigenvalue weighted by atomic mass is 16.4. The Bertz CT molecular complexity index is 219. The Morgan fingerprint density at radius 3 is 2.90 bits per heavy atom. The molecule has 0 bridgehead atoms. The highest BCUT2D eigenvalue weighted by Crippen LogP contribution is 1.98. The van der Waals surface area contributed by atoms with Crippen LogP contribution in [0.4, 0.5) is 0 Å². The molecular formula is C4H5N4O2. The van der Waals surface area contributed by atoms with E-state index in [0.717, 1.165) is 4.68 Å². The molecule has 0 aliphatic rings. The van der Waals surface area contributed by atoms with Crippen LogP contribution >= 0.6 is 0 Å². The standard InChI is InChI=1S/C4H5N4O2/c1-3(4(9)10)8-2-5-6-7-8/h3H,1H3,(H,9,10). The summed E-state index contributed by atoms with van der Waals surface area (Å²) in [4.78, 5) is 10.3. The molecule has 1 atom stereocenters. The number of tetrazole rings is 1. The van der Waals surface area contributed by atoms with E-state index in [0.29, 0.717) is 0 Å². The number of rotatable bonds is 2. The van der Waals surface area contributed by atoms with Crippen LogP contribution in [0.25, 0.3) is 0 Å². The monoisotopic (exact) mass is 141 g/mol. The van der Waals surface area contributed by atoms with Crippen molar-refractivity contribution >= 4 is 5.97 Å². The minimum Gasteiger partial charge on any atom is -0.480 e. The molecule has 0 amide bonds. The molecule has 0 fully saturated rings. The third kappa shape index (κ3) is 1.09. The molecule has 1 aromatic rings. The first-order chi connectivity index (χ1) is 4.72. The lowest BCUT2D eigenvalue weighted by Crippen LogP contribution is -2.16. The van der Waals surface area contributed by atoms with E-state index < -0.39 is 12.0 Å². The van der Waals surface area contributed by atoms with Crippen molar-refractivity contribution < 1.29 is 9.90 Å². The molecule has 0 saturated carbocycles. The Labute approximate surface area is 56.5 Å². The Hall–Kier alpha value is -1.46. The summed E-state index contributed by atoms with van der Waals surface area (Å²) in [5.74, 6) is -0.983. The first-order valence-electron chi connectivity index (χ1n) is 2.60. The number of aliphatic carboxylic acids is 1. The van der Waals surface area contributed by atoms with E-state index in [-0.39, 0.29) is 0 Å². The summed E-state index contributed by atoms with van der Waals surface area (Å²) in [6.07, 6.45) is 2.28. The molecule has 0 aromatic carbocycles. The summed E-state index contributed by atoms with van der Waals surface area (Å²) in [5.41, 5.74) is 0. The van der Waals surface area contributed by atoms with Gasteiger partial charge in [-0.15, -0.1) is 5.10 Å². The average molecular weight is 141 g/mol. The topological polar surface area (TPSA) is 80.9 Å². The fourth-order valence-corrected chi connectivity index (χ4v) is 0.418. The van der Waals surface area contributed by atoms with Crippen LogP contribution in [0.1, 0.15) is 13.0 Å². The van der Waals surface area contributed by atoms with E-state index in [9.17, 15) is 4.79 Å². The van der Waals surface area contributed by atoms with E-state index in [1.807, 2.05) is 0 Å². The van der Waals surface area contributed by atoms with Gasteiger partial charge in [0.15, 0.2) is 6.04 Å². The third-order valence-corrected chi connectivity index (χ3v) is 1.05. The molecule has 6 nitrogen and oxygen atoms in total. The van der Waals surface area contributed by atoms with Crippen molar-refractivity contribution in [2.75, 3.05) is 0 Å². The fraction of sp³-hybridized carbons (Fsp3) is 0.500. The van der Waals surface area contributed by atoms with Crippen LogP contribution in [0.5, 0.6) is 0 Å². The van der Waals surface area contributed by atoms with Crippen LogP contribution < -0.4 is 0 Å². The van der Waals surface area contributed by atoms with Gasteiger partial charge in [-0.05, 0) is 17.4 Å². The van der Waals surface area contributed by atoms with Gasteiger partial charge in [0.05, 0.1) is 0 Å². The molecule has 1 aromatic heterocycles. The summed E-state index contributed by atoms with van der Waals surface area (Å²) in [6, 6.07) is -0.755. The lowest BCUT2D eigenvalue weighted by Gasteiger charge is -2.00. The van der Waals surface area contributed by atoms with Crippen LogP contribution in [0.3, 0.4) is 0 Å². The molecule has 0 aliphatic heterocycles. The smallest absolute Gasteiger partial charge is 0.328 e. The van der Waals surface area contributed by atoms with Gasteiger partial charge >= 0.3 is 5.97 Å². The predicted octanol–water partition coefficient (Wildman–Crippen LogP) is -0.881. The van der Waals surface area contributed by atoms with Gasteiger partial charge in [-0.1, -0.05) is 0 Å². The lowest BCUT2D eigenvalue weighted by atomic mass is 10.4. The maximum atomic E-state index is 10.3. The molecule has 53 valence electrons. The van der Waals surface area contributed by atoms with Crippen molar-refractivity contribution in [1.29, 1.82) is 0 Å². The summed E-state index contributed by atoms with van der Waals surface area (Å²) in [5, 5.41) is 18.2. The van der Waals surface area contributed by atoms with Gasteiger partial charge < -0.3 is 5.11 Å². The summed E-state index contributed by atoms with van der Waals surface area (Å²) in [6.45, 7) is 1.47. The molecular weight excluding hydrogens is 136 g/mol. The fourth-order valence-electron chi connectivity index (χ4n) is 0.418. The molecule has 1 unspecified atom stereocenters. The van der Waals surface area contributed by atoms with Crippen molar-refractivity contribution in [3.05, 3.63) is 6.33 Å². The maximum Gasteiger partial charge on any atom is 0.328 e. The highest BCUT2D eigenvalue weighted by molar-refractivity contribution is 5.70. The van der Waals surface area contributed by atoms with Crippen molar-refractivity contribution in [3.8, 4) is 0 Å². The number of carbonyl (C=O) groups is 1. The number of hydrogen-bond donors (Lipinski definition) is 1. The van der Waals surface area contributed by atoms with Gasteiger partial charge in [0.1, 0.15) is 0 Å². The molecule has 1 radical (unpaired) electrons. The zero-order valence-electron chi connectivity index (χ0n) is 5.22. The molecule has 1 rings (SSSR count). The highest BCUT2D eigenvalue weighted by Gasteiger charge is 2.13. The van der Waals surface area contributed by atoms with E-state index in [4.69, 9.17) is 5.11 Å².